The Hall–Kier alpha value is -0.120. The van der Waals surface area contributed by atoms with Gasteiger partial charge in [0.15, 0.2) is 0 Å². The summed E-state index contributed by atoms with van der Waals surface area (Å²) in [5.41, 5.74) is 1.21. The molecule has 0 fully saturated rings. The molecule has 1 aromatic rings. The van der Waals surface area contributed by atoms with Crippen LogP contribution in [-0.4, -0.2) is 12.8 Å². The van der Waals surface area contributed by atoms with Gasteiger partial charge in [0.05, 0.1) is 5.37 Å². The molecule has 1 N–H and O–H groups in total. The van der Waals surface area contributed by atoms with E-state index in [1.807, 2.05) is 18.8 Å². The van der Waals surface area contributed by atoms with E-state index < -0.39 is 0 Å². The quantitative estimate of drug-likeness (QED) is 0.453. The van der Waals surface area contributed by atoms with E-state index >= 15 is 0 Å². The van der Waals surface area contributed by atoms with Crippen LogP contribution in [0, 0.1) is 0 Å². The molecule has 0 aliphatic rings. The molecule has 0 spiro atoms. The molecule has 0 heterocycles. The van der Waals surface area contributed by atoms with Gasteiger partial charge in [0.1, 0.15) is 0 Å². The third-order valence-electron chi connectivity index (χ3n) is 1.78. The van der Waals surface area contributed by atoms with Crippen LogP contribution >= 0.6 is 24.4 Å². The number of nitrogens with one attached hydrogen (secondary N) is 1. The monoisotopic (exact) mass is 213 g/mol. The zero-order valence-electron chi connectivity index (χ0n) is 7.95. The number of benzene rings is 1. The normalized spacial score (nSPS) is 12.8. The molecule has 0 bridgehead atoms. The summed E-state index contributed by atoms with van der Waals surface area (Å²) in [5.74, 6) is 1.12. The summed E-state index contributed by atoms with van der Waals surface area (Å²) in [7, 11) is 1.91. The van der Waals surface area contributed by atoms with E-state index in [-0.39, 0.29) is 5.37 Å². The molecule has 1 atom stereocenters. The van der Waals surface area contributed by atoms with Crippen molar-refractivity contribution in [3.63, 3.8) is 0 Å². The smallest absolute Gasteiger partial charge is 0.0757 e. The zero-order valence-corrected chi connectivity index (χ0v) is 9.66. The van der Waals surface area contributed by atoms with Crippen LogP contribution < -0.4 is 5.32 Å². The van der Waals surface area contributed by atoms with Crippen LogP contribution in [0.4, 0.5) is 0 Å². The van der Waals surface area contributed by atoms with Crippen molar-refractivity contribution in [2.45, 2.75) is 17.2 Å². The third kappa shape index (κ3) is 3.25. The maximum absolute atomic E-state index is 4.39. The third-order valence-corrected chi connectivity index (χ3v) is 3.23. The molecule has 1 rings (SSSR count). The fraction of sp³-hybridized carbons (Fsp3) is 0.400. The van der Waals surface area contributed by atoms with E-state index in [0.717, 1.165) is 5.75 Å². The molecule has 1 unspecified atom stereocenters. The molecule has 0 saturated heterocycles. The van der Waals surface area contributed by atoms with E-state index in [2.05, 4.69) is 49.1 Å². The Kier molecular flexibility index (Phi) is 4.70. The van der Waals surface area contributed by atoms with Gasteiger partial charge >= 0.3 is 0 Å². The maximum atomic E-state index is 4.39. The number of thioether (sulfide) groups is 1. The van der Waals surface area contributed by atoms with Crippen molar-refractivity contribution < 1.29 is 0 Å². The second kappa shape index (κ2) is 5.58. The molecule has 72 valence electrons. The Morgan fingerprint density at radius 3 is 2.46 bits per heavy atom. The minimum atomic E-state index is 0.140. The van der Waals surface area contributed by atoms with Gasteiger partial charge in [-0.15, -0.1) is 11.8 Å². The van der Waals surface area contributed by atoms with Crippen molar-refractivity contribution in [1.82, 2.24) is 5.32 Å². The Balaban J connectivity index is 2.69. The minimum absolute atomic E-state index is 0.140. The molecule has 0 radical (unpaired) electrons. The van der Waals surface area contributed by atoms with Crippen molar-refractivity contribution in [3.05, 3.63) is 29.8 Å². The van der Waals surface area contributed by atoms with Gasteiger partial charge in [0.25, 0.3) is 0 Å². The van der Waals surface area contributed by atoms with E-state index in [0.29, 0.717) is 0 Å². The van der Waals surface area contributed by atoms with Gasteiger partial charge in [-0.05, 0) is 30.5 Å². The summed E-state index contributed by atoms with van der Waals surface area (Å²) in [6.07, 6.45) is 0. The van der Waals surface area contributed by atoms with Crippen LogP contribution in [0.2, 0.25) is 0 Å². The molecule has 1 aromatic carbocycles. The molecule has 0 amide bonds. The van der Waals surface area contributed by atoms with Crippen LogP contribution in [0.1, 0.15) is 17.9 Å². The van der Waals surface area contributed by atoms with Crippen molar-refractivity contribution in [2.75, 3.05) is 12.8 Å². The van der Waals surface area contributed by atoms with Gasteiger partial charge in [-0.3, -0.25) is 0 Å². The zero-order chi connectivity index (χ0) is 9.68. The Morgan fingerprint density at radius 1 is 1.38 bits per heavy atom. The first kappa shape index (κ1) is 11.0. The lowest BCUT2D eigenvalue weighted by molar-refractivity contribution is 0.799. The predicted molar refractivity (Wildman–Crippen MR) is 63.6 cm³/mol. The standard InChI is InChI=1S/C10H15NS2/c1-3-13-9-6-4-8(5-7-9)10(12)11-2/h4-7,10-12H,3H2,1-2H3. The number of hydrogen-bond donors (Lipinski definition) is 2. The van der Waals surface area contributed by atoms with Crippen molar-refractivity contribution >= 4 is 24.4 Å². The minimum Gasteiger partial charge on any atom is -0.305 e. The largest absolute Gasteiger partial charge is 0.305 e. The Morgan fingerprint density at radius 2 is 2.00 bits per heavy atom. The van der Waals surface area contributed by atoms with Gasteiger partial charge in [0, 0.05) is 4.90 Å². The number of rotatable bonds is 4. The summed E-state index contributed by atoms with van der Waals surface area (Å²) in [4.78, 5) is 1.32. The number of thiol groups is 1. The fourth-order valence-electron chi connectivity index (χ4n) is 1.08. The first-order valence-electron chi connectivity index (χ1n) is 4.36. The number of hydrogen-bond acceptors (Lipinski definition) is 3. The molecule has 13 heavy (non-hydrogen) atoms. The molecule has 0 aliphatic heterocycles. The molecular formula is C10H15NS2. The fourth-order valence-corrected chi connectivity index (χ4v) is 1.91. The maximum Gasteiger partial charge on any atom is 0.0757 e. The second-order valence-corrected chi connectivity index (χ2v) is 4.55. The van der Waals surface area contributed by atoms with Crippen molar-refractivity contribution in [1.29, 1.82) is 0 Å². The Labute approximate surface area is 89.7 Å². The molecule has 0 aromatic heterocycles. The predicted octanol–water partition coefficient (Wildman–Crippen LogP) is 2.95. The lowest BCUT2D eigenvalue weighted by Crippen LogP contribution is -2.09. The van der Waals surface area contributed by atoms with Gasteiger partial charge in [-0.1, -0.05) is 19.1 Å². The van der Waals surface area contributed by atoms with Gasteiger partial charge in [-0.25, -0.2) is 0 Å². The lowest BCUT2D eigenvalue weighted by atomic mass is 10.2. The van der Waals surface area contributed by atoms with Crippen LogP contribution in [0.3, 0.4) is 0 Å². The van der Waals surface area contributed by atoms with E-state index in [4.69, 9.17) is 0 Å². The average molecular weight is 213 g/mol. The first-order valence-corrected chi connectivity index (χ1v) is 5.86. The van der Waals surface area contributed by atoms with E-state index in [9.17, 15) is 0 Å². The summed E-state index contributed by atoms with van der Waals surface area (Å²) in [6.45, 7) is 2.16. The van der Waals surface area contributed by atoms with Gasteiger partial charge in [-0.2, -0.15) is 12.6 Å². The van der Waals surface area contributed by atoms with Gasteiger partial charge in [0.2, 0.25) is 0 Å². The highest BCUT2D eigenvalue weighted by atomic mass is 32.2. The summed E-state index contributed by atoms with van der Waals surface area (Å²) in [5, 5.41) is 3.23. The summed E-state index contributed by atoms with van der Waals surface area (Å²) < 4.78 is 0. The van der Waals surface area contributed by atoms with Crippen molar-refractivity contribution in [3.8, 4) is 0 Å². The van der Waals surface area contributed by atoms with Crippen LogP contribution in [0.5, 0.6) is 0 Å². The van der Waals surface area contributed by atoms with E-state index in [1.165, 1.54) is 10.5 Å². The molecule has 0 saturated carbocycles. The van der Waals surface area contributed by atoms with E-state index in [1.54, 1.807) is 0 Å². The first-order chi connectivity index (χ1) is 6.27. The average Bonchev–Trinajstić information content (AvgIpc) is 2.18. The van der Waals surface area contributed by atoms with Crippen LogP contribution in [-0.2, 0) is 0 Å². The summed E-state index contributed by atoms with van der Waals surface area (Å²) >= 11 is 6.25. The molecule has 1 nitrogen and oxygen atoms in total. The molecule has 0 aliphatic carbocycles. The topological polar surface area (TPSA) is 12.0 Å². The highest BCUT2D eigenvalue weighted by Crippen LogP contribution is 2.21. The molecular weight excluding hydrogens is 198 g/mol. The highest BCUT2D eigenvalue weighted by Gasteiger charge is 2.01. The Bertz CT molecular complexity index is 246. The van der Waals surface area contributed by atoms with Crippen molar-refractivity contribution in [2.24, 2.45) is 0 Å². The second-order valence-electron chi connectivity index (χ2n) is 2.69. The lowest BCUT2D eigenvalue weighted by Gasteiger charge is -2.09. The SMILES string of the molecule is CCSc1ccc(C(S)NC)cc1. The van der Waals surface area contributed by atoms with Gasteiger partial charge < -0.3 is 5.32 Å². The summed E-state index contributed by atoms with van der Waals surface area (Å²) in [6, 6.07) is 8.52. The molecule has 3 heteroatoms. The van der Waals surface area contributed by atoms with Crippen LogP contribution in [0.25, 0.3) is 0 Å². The van der Waals surface area contributed by atoms with Crippen LogP contribution in [0.15, 0.2) is 29.2 Å². The highest BCUT2D eigenvalue weighted by molar-refractivity contribution is 7.99.